The number of amidine groups is 1. The standard InChI is InChI=1S/C19H19N3O4S/c1-13-4-9-17(26-2)16(12-13)20-19-21(10-3-11-27-19)18(23)14-5-7-15(8-6-14)22(24)25/h4-9,12H,3,10-11H2,1-2H3. The highest BCUT2D eigenvalue weighted by Gasteiger charge is 2.25. The smallest absolute Gasteiger partial charge is 0.269 e. The molecule has 0 N–H and O–H groups in total. The van der Waals surface area contributed by atoms with Gasteiger partial charge in [0.05, 0.1) is 12.0 Å². The van der Waals surface area contributed by atoms with Crippen molar-refractivity contribution in [3.63, 3.8) is 0 Å². The van der Waals surface area contributed by atoms with Crippen LogP contribution >= 0.6 is 11.8 Å². The van der Waals surface area contributed by atoms with Crippen LogP contribution in [0.2, 0.25) is 0 Å². The van der Waals surface area contributed by atoms with E-state index in [4.69, 9.17) is 4.74 Å². The van der Waals surface area contributed by atoms with Gasteiger partial charge in [-0.3, -0.25) is 19.8 Å². The van der Waals surface area contributed by atoms with Gasteiger partial charge in [-0.05, 0) is 43.2 Å². The fourth-order valence-corrected chi connectivity index (χ4v) is 3.66. The molecule has 3 rings (SSSR count). The maximum absolute atomic E-state index is 12.9. The first-order valence-corrected chi connectivity index (χ1v) is 9.40. The lowest BCUT2D eigenvalue weighted by Crippen LogP contribution is -2.39. The number of nitro benzene ring substituents is 1. The molecule has 0 spiro atoms. The molecule has 1 amide bonds. The number of benzene rings is 2. The first kappa shape index (κ1) is 18.9. The number of ether oxygens (including phenoxy) is 1. The number of carbonyl (C=O) groups is 1. The van der Waals surface area contributed by atoms with Crippen LogP contribution in [0.3, 0.4) is 0 Å². The number of nitro groups is 1. The Kier molecular flexibility index (Phi) is 5.75. The number of hydrogen-bond acceptors (Lipinski definition) is 6. The summed E-state index contributed by atoms with van der Waals surface area (Å²) in [5.74, 6) is 1.29. The highest BCUT2D eigenvalue weighted by Crippen LogP contribution is 2.31. The molecule has 0 aliphatic carbocycles. The van der Waals surface area contributed by atoms with Gasteiger partial charge in [-0.25, -0.2) is 4.99 Å². The Labute approximate surface area is 161 Å². The molecule has 7 nitrogen and oxygen atoms in total. The van der Waals surface area contributed by atoms with Crippen LogP contribution in [0.1, 0.15) is 22.3 Å². The minimum Gasteiger partial charge on any atom is -0.494 e. The van der Waals surface area contributed by atoms with Crippen molar-refractivity contribution in [1.82, 2.24) is 4.90 Å². The van der Waals surface area contributed by atoms with Gasteiger partial charge in [0.15, 0.2) is 5.17 Å². The van der Waals surface area contributed by atoms with E-state index in [2.05, 4.69) is 4.99 Å². The lowest BCUT2D eigenvalue weighted by molar-refractivity contribution is -0.384. The number of rotatable bonds is 4. The molecular formula is C19H19N3O4S. The Bertz CT molecular complexity index is 896. The first-order chi connectivity index (χ1) is 13.0. The van der Waals surface area contributed by atoms with Gasteiger partial charge in [-0.15, -0.1) is 0 Å². The summed E-state index contributed by atoms with van der Waals surface area (Å²) in [6.45, 7) is 2.52. The number of aliphatic imine (C=N–C) groups is 1. The molecule has 0 radical (unpaired) electrons. The molecule has 1 aliphatic heterocycles. The Hall–Kier alpha value is -2.87. The zero-order valence-electron chi connectivity index (χ0n) is 15.0. The SMILES string of the molecule is COc1ccc(C)cc1N=C1SCCCN1C(=O)c1ccc([N+](=O)[O-])cc1. The predicted molar refractivity (Wildman–Crippen MR) is 106 cm³/mol. The average molecular weight is 385 g/mol. The summed E-state index contributed by atoms with van der Waals surface area (Å²) in [5.41, 5.74) is 2.07. The predicted octanol–water partition coefficient (Wildman–Crippen LogP) is 4.18. The quantitative estimate of drug-likeness (QED) is 0.582. The maximum Gasteiger partial charge on any atom is 0.269 e. The molecule has 8 heteroatoms. The summed E-state index contributed by atoms with van der Waals surface area (Å²) in [6, 6.07) is 11.3. The number of nitrogens with zero attached hydrogens (tertiary/aromatic N) is 3. The summed E-state index contributed by atoms with van der Waals surface area (Å²) >= 11 is 1.51. The second-order valence-electron chi connectivity index (χ2n) is 6.03. The summed E-state index contributed by atoms with van der Waals surface area (Å²) in [7, 11) is 1.59. The summed E-state index contributed by atoms with van der Waals surface area (Å²) in [4.78, 5) is 29.5. The van der Waals surface area contributed by atoms with Gasteiger partial charge < -0.3 is 4.74 Å². The van der Waals surface area contributed by atoms with Crippen LogP contribution in [0.4, 0.5) is 11.4 Å². The van der Waals surface area contributed by atoms with Crippen molar-refractivity contribution < 1.29 is 14.5 Å². The number of methoxy groups -OCH3 is 1. The number of non-ortho nitro benzene ring substituents is 1. The molecule has 2 aromatic rings. The molecule has 1 heterocycles. The number of thioether (sulfide) groups is 1. The zero-order chi connectivity index (χ0) is 19.4. The van der Waals surface area contributed by atoms with Crippen molar-refractivity contribution in [3.05, 3.63) is 63.7 Å². The zero-order valence-corrected chi connectivity index (χ0v) is 15.9. The molecular weight excluding hydrogens is 366 g/mol. The summed E-state index contributed by atoms with van der Waals surface area (Å²) in [5, 5.41) is 11.4. The molecule has 0 bridgehead atoms. The van der Waals surface area contributed by atoms with E-state index in [0.29, 0.717) is 28.7 Å². The Morgan fingerprint density at radius 2 is 2.00 bits per heavy atom. The average Bonchev–Trinajstić information content (AvgIpc) is 2.68. The van der Waals surface area contributed by atoms with Crippen LogP contribution in [-0.4, -0.2) is 40.3 Å². The van der Waals surface area contributed by atoms with Gasteiger partial charge in [-0.1, -0.05) is 17.8 Å². The van der Waals surface area contributed by atoms with Crippen LogP contribution in [0.15, 0.2) is 47.5 Å². The molecule has 0 atom stereocenters. The summed E-state index contributed by atoms with van der Waals surface area (Å²) in [6.07, 6.45) is 0.855. The van der Waals surface area contributed by atoms with Gasteiger partial charge in [-0.2, -0.15) is 0 Å². The lowest BCUT2D eigenvalue weighted by Gasteiger charge is -2.28. The van der Waals surface area contributed by atoms with Crippen molar-refractivity contribution >= 4 is 34.2 Å². The number of amides is 1. The molecule has 1 fully saturated rings. The van der Waals surface area contributed by atoms with E-state index in [1.165, 1.54) is 36.0 Å². The van der Waals surface area contributed by atoms with Crippen molar-refractivity contribution in [2.45, 2.75) is 13.3 Å². The first-order valence-electron chi connectivity index (χ1n) is 8.42. The molecule has 0 aromatic heterocycles. The van der Waals surface area contributed by atoms with E-state index >= 15 is 0 Å². The van der Waals surface area contributed by atoms with E-state index in [9.17, 15) is 14.9 Å². The van der Waals surface area contributed by atoms with Gasteiger partial charge >= 0.3 is 0 Å². The minimum absolute atomic E-state index is 0.0436. The molecule has 0 unspecified atom stereocenters. The topological polar surface area (TPSA) is 85.0 Å². The number of hydrogen-bond donors (Lipinski definition) is 0. The number of aryl methyl sites for hydroxylation is 1. The van der Waals surface area contributed by atoms with Crippen molar-refractivity contribution in [2.75, 3.05) is 19.4 Å². The maximum atomic E-state index is 12.9. The Balaban J connectivity index is 1.92. The minimum atomic E-state index is -0.484. The molecule has 2 aromatic carbocycles. The van der Waals surface area contributed by atoms with Crippen LogP contribution in [0.25, 0.3) is 0 Å². The number of carbonyl (C=O) groups excluding carboxylic acids is 1. The van der Waals surface area contributed by atoms with Crippen LogP contribution in [0.5, 0.6) is 5.75 Å². The fourth-order valence-electron chi connectivity index (χ4n) is 2.71. The third kappa shape index (κ3) is 4.28. The monoisotopic (exact) mass is 385 g/mol. The third-order valence-electron chi connectivity index (χ3n) is 4.11. The van der Waals surface area contributed by atoms with E-state index in [1.807, 2.05) is 25.1 Å². The van der Waals surface area contributed by atoms with E-state index in [0.717, 1.165) is 17.7 Å². The highest BCUT2D eigenvalue weighted by atomic mass is 32.2. The highest BCUT2D eigenvalue weighted by molar-refractivity contribution is 8.13. The van der Waals surface area contributed by atoms with Gasteiger partial charge in [0.1, 0.15) is 11.4 Å². The van der Waals surface area contributed by atoms with Gasteiger partial charge in [0.25, 0.3) is 11.6 Å². The second kappa shape index (κ2) is 8.22. The Morgan fingerprint density at radius 1 is 1.26 bits per heavy atom. The van der Waals surface area contributed by atoms with Gasteiger partial charge in [0.2, 0.25) is 0 Å². The normalized spacial score (nSPS) is 15.6. The Morgan fingerprint density at radius 3 is 2.67 bits per heavy atom. The third-order valence-corrected chi connectivity index (χ3v) is 5.17. The molecule has 1 aliphatic rings. The van der Waals surface area contributed by atoms with Crippen LogP contribution in [0, 0.1) is 17.0 Å². The van der Waals surface area contributed by atoms with E-state index < -0.39 is 4.92 Å². The van der Waals surface area contributed by atoms with E-state index in [1.54, 1.807) is 12.0 Å². The van der Waals surface area contributed by atoms with Gasteiger partial charge in [0, 0.05) is 30.0 Å². The van der Waals surface area contributed by atoms with Crippen molar-refractivity contribution in [3.8, 4) is 5.75 Å². The molecule has 27 heavy (non-hydrogen) atoms. The van der Waals surface area contributed by atoms with Crippen LogP contribution < -0.4 is 4.74 Å². The van der Waals surface area contributed by atoms with E-state index in [-0.39, 0.29) is 11.6 Å². The van der Waals surface area contributed by atoms with Crippen molar-refractivity contribution in [2.24, 2.45) is 4.99 Å². The lowest BCUT2D eigenvalue weighted by atomic mass is 10.2. The van der Waals surface area contributed by atoms with Crippen LogP contribution in [-0.2, 0) is 0 Å². The second-order valence-corrected chi connectivity index (χ2v) is 7.09. The molecule has 1 saturated heterocycles. The largest absolute Gasteiger partial charge is 0.494 e. The molecule has 0 saturated carbocycles. The fraction of sp³-hybridized carbons (Fsp3) is 0.263. The summed E-state index contributed by atoms with van der Waals surface area (Å²) < 4.78 is 5.37. The molecule has 140 valence electrons. The van der Waals surface area contributed by atoms with Crippen molar-refractivity contribution in [1.29, 1.82) is 0 Å².